The molecule has 0 fully saturated rings. The van der Waals surface area contributed by atoms with Crippen molar-refractivity contribution in [2.24, 2.45) is 0 Å². The number of esters is 1. The summed E-state index contributed by atoms with van der Waals surface area (Å²) < 4.78 is 6.14. The number of carbonyl (C=O) groups excluding carboxylic acids is 2. The van der Waals surface area contributed by atoms with E-state index in [1.54, 1.807) is 36.4 Å². The van der Waals surface area contributed by atoms with E-state index < -0.39 is 5.97 Å². The molecule has 0 aromatic heterocycles. The van der Waals surface area contributed by atoms with E-state index in [4.69, 9.17) is 4.74 Å². The van der Waals surface area contributed by atoms with Gasteiger partial charge in [-0.1, -0.05) is 19.1 Å². The second-order valence-electron chi connectivity index (χ2n) is 4.17. The second-order valence-corrected chi connectivity index (χ2v) is 5.33. The summed E-state index contributed by atoms with van der Waals surface area (Å²) in [6.45, 7) is 1.81. The van der Waals surface area contributed by atoms with Gasteiger partial charge in [-0.2, -0.15) is 0 Å². The van der Waals surface area contributed by atoms with Crippen LogP contribution in [0.25, 0.3) is 0 Å². The smallest absolute Gasteiger partial charge is 0.344 e. The summed E-state index contributed by atoms with van der Waals surface area (Å²) in [5.74, 6) is 0.104. The highest BCUT2D eigenvalue weighted by molar-refractivity contribution is 14.1. The molecular weight excluding hydrogens is 367 g/mol. The molecular formula is C16H13IO3. The molecule has 20 heavy (non-hydrogen) atoms. The molecule has 0 bridgehead atoms. The van der Waals surface area contributed by atoms with Crippen LogP contribution in [0, 0.1) is 3.57 Å². The lowest BCUT2D eigenvalue weighted by Gasteiger charge is -2.06. The van der Waals surface area contributed by atoms with Crippen molar-refractivity contribution in [3.05, 3.63) is 63.2 Å². The van der Waals surface area contributed by atoms with Gasteiger partial charge in [-0.05, 0) is 59.0 Å². The molecule has 0 amide bonds. The van der Waals surface area contributed by atoms with Crippen molar-refractivity contribution in [2.45, 2.75) is 13.3 Å². The SMILES string of the molecule is CCC(=O)c1ccc(OC(=O)c2ccccc2I)cc1. The Hall–Kier alpha value is -1.69. The molecule has 0 radical (unpaired) electrons. The topological polar surface area (TPSA) is 43.4 Å². The maximum Gasteiger partial charge on any atom is 0.344 e. The van der Waals surface area contributed by atoms with Crippen LogP contribution in [0.2, 0.25) is 0 Å². The van der Waals surface area contributed by atoms with E-state index in [1.807, 2.05) is 19.1 Å². The Kier molecular flexibility index (Phi) is 4.89. The van der Waals surface area contributed by atoms with Crippen LogP contribution in [0.3, 0.4) is 0 Å². The molecule has 0 aliphatic heterocycles. The van der Waals surface area contributed by atoms with Gasteiger partial charge >= 0.3 is 5.97 Å². The number of rotatable bonds is 4. The van der Waals surface area contributed by atoms with Crippen LogP contribution in [0.4, 0.5) is 0 Å². The molecule has 0 heterocycles. The monoisotopic (exact) mass is 380 g/mol. The van der Waals surface area contributed by atoms with Crippen molar-refractivity contribution in [1.29, 1.82) is 0 Å². The van der Waals surface area contributed by atoms with Gasteiger partial charge in [0.1, 0.15) is 5.75 Å². The van der Waals surface area contributed by atoms with E-state index in [0.29, 0.717) is 23.3 Å². The van der Waals surface area contributed by atoms with Gasteiger partial charge in [-0.15, -0.1) is 0 Å². The summed E-state index contributed by atoms with van der Waals surface area (Å²) in [6, 6.07) is 13.8. The van der Waals surface area contributed by atoms with Crippen LogP contribution in [0.5, 0.6) is 5.75 Å². The Morgan fingerprint density at radius 1 is 1.05 bits per heavy atom. The van der Waals surface area contributed by atoms with E-state index in [-0.39, 0.29) is 5.78 Å². The van der Waals surface area contributed by atoms with Crippen LogP contribution in [0.1, 0.15) is 34.1 Å². The van der Waals surface area contributed by atoms with E-state index >= 15 is 0 Å². The fraction of sp³-hybridized carbons (Fsp3) is 0.125. The van der Waals surface area contributed by atoms with E-state index in [1.165, 1.54) is 0 Å². The van der Waals surface area contributed by atoms with Gasteiger partial charge in [0.25, 0.3) is 0 Å². The number of halogens is 1. The van der Waals surface area contributed by atoms with Crippen LogP contribution in [-0.4, -0.2) is 11.8 Å². The molecule has 2 rings (SSSR count). The van der Waals surface area contributed by atoms with Crippen molar-refractivity contribution < 1.29 is 14.3 Å². The first-order valence-electron chi connectivity index (χ1n) is 6.21. The number of hydrogen-bond acceptors (Lipinski definition) is 3. The number of ether oxygens (including phenoxy) is 1. The average molecular weight is 380 g/mol. The van der Waals surface area contributed by atoms with Gasteiger partial charge in [-0.25, -0.2) is 4.79 Å². The molecule has 0 atom stereocenters. The second kappa shape index (κ2) is 6.65. The van der Waals surface area contributed by atoms with E-state index in [2.05, 4.69) is 22.6 Å². The maximum atomic E-state index is 12.0. The minimum atomic E-state index is -0.399. The zero-order valence-electron chi connectivity index (χ0n) is 10.9. The fourth-order valence-corrected chi connectivity index (χ4v) is 2.31. The highest BCUT2D eigenvalue weighted by Gasteiger charge is 2.12. The van der Waals surface area contributed by atoms with Crippen LogP contribution < -0.4 is 4.74 Å². The number of hydrogen-bond donors (Lipinski definition) is 0. The standard InChI is InChI=1S/C16H13IO3/c1-2-15(18)11-7-9-12(10-8-11)20-16(19)13-5-3-4-6-14(13)17/h3-10H,2H2,1H3. The lowest BCUT2D eigenvalue weighted by atomic mass is 10.1. The molecule has 3 nitrogen and oxygen atoms in total. The Morgan fingerprint density at radius 2 is 1.70 bits per heavy atom. The summed E-state index contributed by atoms with van der Waals surface area (Å²) in [5, 5.41) is 0. The molecule has 0 aliphatic carbocycles. The van der Waals surface area contributed by atoms with Gasteiger partial charge in [0.05, 0.1) is 5.56 Å². The first-order chi connectivity index (χ1) is 9.61. The van der Waals surface area contributed by atoms with E-state index in [9.17, 15) is 9.59 Å². The summed E-state index contributed by atoms with van der Waals surface area (Å²) in [5.41, 5.74) is 1.16. The predicted octanol–water partition coefficient (Wildman–Crippen LogP) is 4.10. The number of carbonyl (C=O) groups is 2. The van der Waals surface area contributed by atoms with Gasteiger partial charge in [-0.3, -0.25) is 4.79 Å². The first-order valence-corrected chi connectivity index (χ1v) is 7.29. The van der Waals surface area contributed by atoms with Crippen LogP contribution >= 0.6 is 22.6 Å². The zero-order chi connectivity index (χ0) is 14.5. The Bertz CT molecular complexity index is 632. The fourth-order valence-electron chi connectivity index (χ4n) is 1.70. The number of Topliss-reactive ketones (excluding diaryl/α,β-unsaturated/α-hetero) is 1. The summed E-state index contributed by atoms with van der Waals surface area (Å²) >= 11 is 2.09. The zero-order valence-corrected chi connectivity index (χ0v) is 13.1. The van der Waals surface area contributed by atoms with Crippen molar-refractivity contribution in [3.63, 3.8) is 0 Å². The van der Waals surface area contributed by atoms with Crippen molar-refractivity contribution in [3.8, 4) is 5.75 Å². The molecule has 0 saturated carbocycles. The third kappa shape index (κ3) is 3.45. The Morgan fingerprint density at radius 3 is 2.30 bits per heavy atom. The molecule has 0 spiro atoms. The third-order valence-electron chi connectivity index (χ3n) is 2.80. The Labute approximate surface area is 131 Å². The Balaban J connectivity index is 2.13. The van der Waals surface area contributed by atoms with Crippen LogP contribution in [-0.2, 0) is 0 Å². The molecule has 102 valence electrons. The van der Waals surface area contributed by atoms with Gasteiger partial charge in [0.15, 0.2) is 5.78 Å². The van der Waals surface area contributed by atoms with Crippen molar-refractivity contribution in [2.75, 3.05) is 0 Å². The molecule has 0 N–H and O–H groups in total. The van der Waals surface area contributed by atoms with Gasteiger partial charge < -0.3 is 4.74 Å². The highest BCUT2D eigenvalue weighted by atomic mass is 127. The van der Waals surface area contributed by atoms with Crippen molar-refractivity contribution in [1.82, 2.24) is 0 Å². The summed E-state index contributed by atoms with van der Waals surface area (Å²) in [7, 11) is 0. The summed E-state index contributed by atoms with van der Waals surface area (Å²) in [6.07, 6.45) is 0.460. The minimum absolute atomic E-state index is 0.0699. The molecule has 2 aromatic carbocycles. The predicted molar refractivity (Wildman–Crippen MR) is 85.2 cm³/mol. The summed E-state index contributed by atoms with van der Waals surface area (Å²) in [4.78, 5) is 23.5. The third-order valence-corrected chi connectivity index (χ3v) is 3.74. The number of ketones is 1. The molecule has 0 aliphatic rings. The van der Waals surface area contributed by atoms with Crippen LogP contribution in [0.15, 0.2) is 48.5 Å². The quantitative estimate of drug-likeness (QED) is 0.347. The lowest BCUT2D eigenvalue weighted by Crippen LogP contribution is -2.10. The highest BCUT2D eigenvalue weighted by Crippen LogP contribution is 2.17. The molecule has 2 aromatic rings. The van der Waals surface area contributed by atoms with Gasteiger partial charge in [0, 0.05) is 15.6 Å². The minimum Gasteiger partial charge on any atom is -0.423 e. The van der Waals surface area contributed by atoms with E-state index in [0.717, 1.165) is 3.57 Å². The normalized spacial score (nSPS) is 10.1. The number of benzene rings is 2. The van der Waals surface area contributed by atoms with Crippen molar-refractivity contribution >= 4 is 34.3 Å². The largest absolute Gasteiger partial charge is 0.423 e. The molecule has 0 unspecified atom stereocenters. The first kappa shape index (κ1) is 14.7. The van der Waals surface area contributed by atoms with Gasteiger partial charge in [0.2, 0.25) is 0 Å². The average Bonchev–Trinajstić information content (AvgIpc) is 2.47. The molecule has 4 heteroatoms. The molecule has 0 saturated heterocycles. The maximum absolute atomic E-state index is 12.0. The lowest BCUT2D eigenvalue weighted by molar-refractivity contribution is 0.0733.